The maximum Gasteiger partial charge on any atom is 0.346 e. The van der Waals surface area contributed by atoms with Gasteiger partial charge in [0.2, 0.25) is 5.91 Å². The van der Waals surface area contributed by atoms with Crippen molar-refractivity contribution in [1.29, 1.82) is 0 Å². The summed E-state index contributed by atoms with van der Waals surface area (Å²) in [5, 5.41) is 7.20. The predicted octanol–water partition coefficient (Wildman–Crippen LogP) is -0.0194. The average Bonchev–Trinajstić information content (AvgIpc) is 2.81. The van der Waals surface area contributed by atoms with Crippen molar-refractivity contribution in [1.82, 2.24) is 19.7 Å². The first-order valence-corrected chi connectivity index (χ1v) is 8.57. The molecule has 24 heavy (non-hydrogen) atoms. The van der Waals surface area contributed by atoms with E-state index in [1.165, 1.54) is 9.25 Å². The molecule has 0 unspecified atom stereocenters. The van der Waals surface area contributed by atoms with Gasteiger partial charge < -0.3 is 14.8 Å². The monoisotopic (exact) mass is 338 g/mol. The van der Waals surface area contributed by atoms with Crippen LogP contribution < -0.4 is 11.0 Å². The number of carbonyl (C=O) groups excluding carboxylic acids is 1. The Bertz CT molecular complexity index is 660. The second kappa shape index (κ2) is 6.68. The van der Waals surface area contributed by atoms with Crippen molar-refractivity contribution in [3.05, 3.63) is 16.3 Å². The largest absolute Gasteiger partial charge is 0.381 e. The minimum absolute atomic E-state index is 0.0328. The van der Waals surface area contributed by atoms with Crippen LogP contribution in [-0.2, 0) is 27.9 Å². The van der Waals surface area contributed by atoms with Gasteiger partial charge >= 0.3 is 5.69 Å². The minimum atomic E-state index is -0.274. The van der Waals surface area contributed by atoms with E-state index in [-0.39, 0.29) is 35.7 Å². The highest BCUT2D eigenvalue weighted by atomic mass is 16.5. The van der Waals surface area contributed by atoms with Gasteiger partial charge in [0.1, 0.15) is 12.4 Å². The average molecular weight is 338 g/mol. The number of rotatable bonds is 5. The van der Waals surface area contributed by atoms with Crippen LogP contribution in [0.25, 0.3) is 0 Å². The fraction of sp³-hybridized carbons (Fsp3) is 0.812. The molecule has 134 valence electrons. The molecule has 2 aliphatic rings. The van der Waals surface area contributed by atoms with Gasteiger partial charge in [0.25, 0.3) is 0 Å². The lowest BCUT2D eigenvalue weighted by molar-refractivity contribution is -0.175. The van der Waals surface area contributed by atoms with Crippen molar-refractivity contribution in [3.8, 4) is 0 Å². The number of ether oxygens (including phenoxy) is 2. The zero-order valence-corrected chi connectivity index (χ0v) is 14.6. The third kappa shape index (κ3) is 2.88. The summed E-state index contributed by atoms with van der Waals surface area (Å²) in [6.07, 6.45) is 2.78. The van der Waals surface area contributed by atoms with Crippen LogP contribution >= 0.6 is 0 Å². The Hall–Kier alpha value is -1.67. The summed E-state index contributed by atoms with van der Waals surface area (Å²) >= 11 is 0. The van der Waals surface area contributed by atoms with Gasteiger partial charge in [-0.3, -0.25) is 9.36 Å². The van der Waals surface area contributed by atoms with Crippen LogP contribution in [0.1, 0.15) is 32.0 Å². The molecule has 0 bridgehead atoms. The molecular weight excluding hydrogens is 312 g/mol. The molecule has 1 aromatic rings. The number of aromatic nitrogens is 3. The number of nitrogens with one attached hydrogen (secondary N) is 1. The van der Waals surface area contributed by atoms with Crippen molar-refractivity contribution in [2.45, 2.75) is 51.8 Å². The van der Waals surface area contributed by atoms with Gasteiger partial charge in [-0.05, 0) is 33.1 Å². The molecule has 1 N–H and O–H groups in total. The molecule has 1 amide bonds. The first-order chi connectivity index (χ1) is 11.5. The van der Waals surface area contributed by atoms with Crippen molar-refractivity contribution in [2.75, 3.05) is 19.8 Å². The molecule has 1 spiro atoms. The summed E-state index contributed by atoms with van der Waals surface area (Å²) in [5.41, 5.74) is -0.307. The molecule has 0 aromatic carbocycles. The summed E-state index contributed by atoms with van der Waals surface area (Å²) < 4.78 is 14.0. The van der Waals surface area contributed by atoms with Crippen molar-refractivity contribution in [3.63, 3.8) is 0 Å². The molecule has 1 aliphatic heterocycles. The lowest BCUT2D eigenvalue weighted by Gasteiger charge is -2.57. The van der Waals surface area contributed by atoms with Crippen molar-refractivity contribution < 1.29 is 14.3 Å². The lowest BCUT2D eigenvalue weighted by Crippen LogP contribution is -2.66. The van der Waals surface area contributed by atoms with Gasteiger partial charge in [0.15, 0.2) is 0 Å². The number of aryl methyl sites for hydroxylation is 1. The third-order valence-corrected chi connectivity index (χ3v) is 5.46. The van der Waals surface area contributed by atoms with Gasteiger partial charge in [0.05, 0.1) is 6.10 Å². The highest BCUT2D eigenvalue weighted by molar-refractivity contribution is 5.76. The van der Waals surface area contributed by atoms with Gasteiger partial charge in [-0.15, -0.1) is 0 Å². The van der Waals surface area contributed by atoms with Gasteiger partial charge in [-0.25, -0.2) is 9.48 Å². The Kier molecular flexibility index (Phi) is 4.78. The Morgan fingerprint density at radius 2 is 2.17 bits per heavy atom. The smallest absolute Gasteiger partial charge is 0.346 e. The van der Waals surface area contributed by atoms with E-state index in [1.807, 2.05) is 6.92 Å². The quantitative estimate of drug-likeness (QED) is 0.815. The summed E-state index contributed by atoms with van der Waals surface area (Å²) in [5.74, 6) is 0.412. The normalized spacial score (nSPS) is 25.5. The number of nitrogens with zero attached hydrogens (tertiary/aromatic N) is 3. The second-order valence-electron chi connectivity index (χ2n) is 6.69. The highest BCUT2D eigenvalue weighted by Crippen LogP contribution is 2.50. The zero-order chi connectivity index (χ0) is 17.3. The number of amides is 1. The summed E-state index contributed by atoms with van der Waals surface area (Å²) in [7, 11) is 1.65. The van der Waals surface area contributed by atoms with Crippen LogP contribution in [-0.4, -0.2) is 52.2 Å². The van der Waals surface area contributed by atoms with E-state index in [1.54, 1.807) is 14.0 Å². The Morgan fingerprint density at radius 3 is 2.75 bits per heavy atom. The number of hydrogen-bond acceptors (Lipinski definition) is 5. The molecule has 1 saturated heterocycles. The molecule has 3 rings (SSSR count). The molecule has 1 saturated carbocycles. The standard InChI is InChI=1S/C16H26N4O4/c1-4-24-13-9-12(16(13)5-7-23-8-6-16)17-14(21)10-20-15(22)19(3)11(2)18-20/h12-13H,4-10H2,1-3H3,(H,17,21)/t12-,13-/m1/s1. The first-order valence-electron chi connectivity index (χ1n) is 8.57. The molecule has 1 aliphatic carbocycles. The molecular formula is C16H26N4O4. The molecule has 2 atom stereocenters. The second-order valence-corrected chi connectivity index (χ2v) is 6.69. The molecule has 2 heterocycles. The Labute approximate surface area is 141 Å². The van der Waals surface area contributed by atoms with E-state index in [2.05, 4.69) is 10.4 Å². The summed E-state index contributed by atoms with van der Waals surface area (Å²) in [4.78, 5) is 24.4. The first kappa shape index (κ1) is 17.2. The van der Waals surface area contributed by atoms with Crippen LogP contribution in [0.3, 0.4) is 0 Å². The van der Waals surface area contributed by atoms with Crippen LogP contribution in [0.2, 0.25) is 0 Å². The fourth-order valence-electron chi connectivity index (χ4n) is 3.88. The molecule has 8 heteroatoms. The number of hydrogen-bond donors (Lipinski definition) is 1. The maximum atomic E-state index is 12.4. The Balaban J connectivity index is 1.65. The van der Waals surface area contributed by atoms with E-state index >= 15 is 0 Å². The van der Waals surface area contributed by atoms with Crippen LogP contribution in [0.4, 0.5) is 0 Å². The van der Waals surface area contributed by atoms with E-state index in [4.69, 9.17) is 9.47 Å². The fourth-order valence-corrected chi connectivity index (χ4v) is 3.88. The lowest BCUT2D eigenvalue weighted by atomic mass is 9.57. The zero-order valence-electron chi connectivity index (χ0n) is 14.6. The van der Waals surface area contributed by atoms with Gasteiger partial charge in [-0.1, -0.05) is 0 Å². The van der Waals surface area contributed by atoms with E-state index in [0.29, 0.717) is 25.6 Å². The van der Waals surface area contributed by atoms with Crippen LogP contribution in [0, 0.1) is 12.3 Å². The maximum absolute atomic E-state index is 12.4. The van der Waals surface area contributed by atoms with Crippen molar-refractivity contribution >= 4 is 5.91 Å². The van der Waals surface area contributed by atoms with E-state index in [0.717, 1.165) is 19.3 Å². The molecule has 8 nitrogen and oxygen atoms in total. The SMILES string of the molecule is CCO[C@@H]1C[C@@H](NC(=O)Cn2nc(C)n(C)c2=O)C12CCOCC2. The topological polar surface area (TPSA) is 87.4 Å². The highest BCUT2D eigenvalue weighted by Gasteiger charge is 2.56. The minimum Gasteiger partial charge on any atom is -0.381 e. The van der Waals surface area contributed by atoms with Gasteiger partial charge in [0, 0.05) is 38.3 Å². The van der Waals surface area contributed by atoms with Crippen molar-refractivity contribution in [2.24, 2.45) is 12.5 Å². The third-order valence-electron chi connectivity index (χ3n) is 5.46. The Morgan fingerprint density at radius 1 is 1.46 bits per heavy atom. The van der Waals surface area contributed by atoms with E-state index < -0.39 is 0 Å². The van der Waals surface area contributed by atoms with E-state index in [9.17, 15) is 9.59 Å². The summed E-state index contributed by atoms with van der Waals surface area (Å²) in [6.45, 7) is 5.77. The van der Waals surface area contributed by atoms with Crippen LogP contribution in [0.15, 0.2) is 4.79 Å². The molecule has 2 fully saturated rings. The van der Waals surface area contributed by atoms with Crippen LogP contribution in [0.5, 0.6) is 0 Å². The molecule has 0 radical (unpaired) electrons. The number of carbonyl (C=O) groups is 1. The summed E-state index contributed by atoms with van der Waals surface area (Å²) in [6, 6.07) is 0.0750. The predicted molar refractivity (Wildman–Crippen MR) is 86.7 cm³/mol. The van der Waals surface area contributed by atoms with Gasteiger partial charge in [-0.2, -0.15) is 5.10 Å². The molecule has 1 aromatic heterocycles.